The number of rotatable bonds is 4. The molecule has 0 spiro atoms. The summed E-state index contributed by atoms with van der Waals surface area (Å²) in [6, 6.07) is 0.778. The number of amides is 1. The highest BCUT2D eigenvalue weighted by atomic mass is 16.2. The predicted molar refractivity (Wildman–Crippen MR) is 63.0 cm³/mol. The van der Waals surface area contributed by atoms with Crippen LogP contribution in [-0.2, 0) is 4.79 Å². The van der Waals surface area contributed by atoms with Crippen molar-refractivity contribution < 1.29 is 4.79 Å². The van der Waals surface area contributed by atoms with Gasteiger partial charge in [0.15, 0.2) is 0 Å². The van der Waals surface area contributed by atoms with E-state index in [-0.39, 0.29) is 6.04 Å². The number of nitrogens with one attached hydrogen (secondary N) is 1. The Morgan fingerprint density at radius 3 is 2.62 bits per heavy atom. The van der Waals surface area contributed by atoms with Crippen molar-refractivity contribution in [1.29, 1.82) is 0 Å². The summed E-state index contributed by atoms with van der Waals surface area (Å²) >= 11 is 0. The van der Waals surface area contributed by atoms with Crippen molar-refractivity contribution in [1.82, 2.24) is 10.2 Å². The highest BCUT2D eigenvalue weighted by Crippen LogP contribution is 2.52. The maximum absolute atomic E-state index is 12.1. The Balaban J connectivity index is 1.51. The first-order valence-corrected chi connectivity index (χ1v) is 6.61. The molecule has 3 aliphatic rings. The molecule has 3 heteroatoms. The van der Waals surface area contributed by atoms with Gasteiger partial charge in [0.1, 0.15) is 0 Å². The summed E-state index contributed by atoms with van der Waals surface area (Å²) < 4.78 is 0. The molecule has 0 radical (unpaired) electrons. The van der Waals surface area contributed by atoms with Crippen LogP contribution >= 0.6 is 0 Å². The average molecular weight is 222 g/mol. The Morgan fingerprint density at radius 1 is 1.38 bits per heavy atom. The predicted octanol–water partition coefficient (Wildman–Crippen LogP) is 1.39. The first-order valence-electron chi connectivity index (χ1n) is 6.61. The largest absolute Gasteiger partial charge is 0.341 e. The van der Waals surface area contributed by atoms with E-state index >= 15 is 0 Å². The van der Waals surface area contributed by atoms with Gasteiger partial charge in [-0.05, 0) is 37.0 Å². The normalized spacial score (nSPS) is 36.9. The Kier molecular flexibility index (Phi) is 2.29. The summed E-state index contributed by atoms with van der Waals surface area (Å²) in [6.45, 7) is 6.57. The van der Waals surface area contributed by atoms with Crippen LogP contribution in [-0.4, -0.2) is 36.0 Å². The van der Waals surface area contributed by atoms with Crippen molar-refractivity contribution >= 4 is 5.91 Å². The first-order chi connectivity index (χ1) is 7.56. The van der Waals surface area contributed by atoms with Crippen LogP contribution in [0.15, 0.2) is 0 Å². The van der Waals surface area contributed by atoms with Crippen LogP contribution in [0.2, 0.25) is 0 Å². The van der Waals surface area contributed by atoms with Gasteiger partial charge in [-0.15, -0.1) is 0 Å². The Morgan fingerprint density at radius 2 is 2.06 bits per heavy atom. The van der Waals surface area contributed by atoms with E-state index < -0.39 is 0 Å². The molecule has 2 aliphatic carbocycles. The second kappa shape index (κ2) is 3.46. The Bertz CT molecular complexity index is 309. The Labute approximate surface area is 97.6 Å². The quantitative estimate of drug-likeness (QED) is 0.779. The fraction of sp³-hybridized carbons (Fsp3) is 0.923. The fourth-order valence-corrected chi connectivity index (χ4v) is 2.76. The molecule has 1 saturated heterocycles. The minimum atomic E-state index is 0.134. The molecule has 3 nitrogen and oxygen atoms in total. The van der Waals surface area contributed by atoms with Crippen LogP contribution in [0.5, 0.6) is 0 Å². The van der Waals surface area contributed by atoms with E-state index in [1.807, 2.05) is 0 Å². The number of hydrogen-bond acceptors (Lipinski definition) is 2. The van der Waals surface area contributed by atoms with E-state index in [0.29, 0.717) is 17.4 Å². The number of carbonyl (C=O) groups excluding carboxylic acids is 1. The van der Waals surface area contributed by atoms with Crippen molar-refractivity contribution in [3.05, 3.63) is 0 Å². The zero-order chi connectivity index (χ0) is 11.3. The number of hydrogen-bond donors (Lipinski definition) is 1. The molecule has 1 N–H and O–H groups in total. The van der Waals surface area contributed by atoms with Gasteiger partial charge in [-0.3, -0.25) is 4.79 Å². The molecular weight excluding hydrogens is 200 g/mol. The fourth-order valence-electron chi connectivity index (χ4n) is 2.76. The van der Waals surface area contributed by atoms with E-state index in [2.05, 4.69) is 24.1 Å². The number of carbonyl (C=O) groups is 1. The second-order valence-corrected chi connectivity index (χ2v) is 6.46. The van der Waals surface area contributed by atoms with Crippen molar-refractivity contribution in [2.45, 2.75) is 51.6 Å². The topological polar surface area (TPSA) is 32.3 Å². The molecule has 3 fully saturated rings. The summed E-state index contributed by atoms with van der Waals surface area (Å²) in [5.41, 5.74) is 0.488. The molecule has 16 heavy (non-hydrogen) atoms. The molecular formula is C13H22N2O. The zero-order valence-electron chi connectivity index (χ0n) is 10.3. The van der Waals surface area contributed by atoms with Gasteiger partial charge in [-0.2, -0.15) is 0 Å². The zero-order valence-corrected chi connectivity index (χ0v) is 10.3. The van der Waals surface area contributed by atoms with Gasteiger partial charge in [-0.1, -0.05) is 13.8 Å². The minimum Gasteiger partial charge on any atom is -0.341 e. The van der Waals surface area contributed by atoms with Crippen LogP contribution in [0.25, 0.3) is 0 Å². The maximum atomic E-state index is 12.1. The van der Waals surface area contributed by atoms with Crippen molar-refractivity contribution in [3.63, 3.8) is 0 Å². The lowest BCUT2D eigenvalue weighted by Crippen LogP contribution is -2.40. The third-order valence-electron chi connectivity index (χ3n) is 4.47. The molecule has 0 bridgehead atoms. The van der Waals surface area contributed by atoms with Gasteiger partial charge < -0.3 is 10.2 Å². The van der Waals surface area contributed by atoms with E-state index in [9.17, 15) is 4.79 Å². The van der Waals surface area contributed by atoms with Gasteiger partial charge >= 0.3 is 0 Å². The minimum absolute atomic E-state index is 0.134. The monoisotopic (exact) mass is 222 g/mol. The van der Waals surface area contributed by atoms with Gasteiger partial charge in [0, 0.05) is 19.1 Å². The average Bonchev–Trinajstić information content (AvgIpc) is 3.08. The number of nitrogens with zero attached hydrogens (tertiary/aromatic N) is 1. The summed E-state index contributed by atoms with van der Waals surface area (Å²) in [4.78, 5) is 14.2. The third-order valence-corrected chi connectivity index (χ3v) is 4.47. The molecule has 0 aromatic carbocycles. The molecule has 2 atom stereocenters. The summed E-state index contributed by atoms with van der Waals surface area (Å²) in [7, 11) is 0. The molecule has 2 saturated carbocycles. The molecule has 1 amide bonds. The highest BCUT2D eigenvalue weighted by Gasteiger charge is 2.48. The van der Waals surface area contributed by atoms with Crippen LogP contribution in [0.3, 0.4) is 0 Å². The molecule has 3 rings (SSSR count). The summed E-state index contributed by atoms with van der Waals surface area (Å²) in [6.07, 6.45) is 4.83. The summed E-state index contributed by atoms with van der Waals surface area (Å²) in [5.74, 6) is 1.10. The standard InChI is InChI=1S/C13H22N2O/c1-13(2)7-9(13)8-15-6-5-11(12(15)16)14-10-3-4-10/h9-11,14H,3-8H2,1-2H3. The Hall–Kier alpha value is -0.570. The number of likely N-dealkylation sites (tertiary alicyclic amines) is 1. The maximum Gasteiger partial charge on any atom is 0.239 e. The van der Waals surface area contributed by atoms with Gasteiger partial charge in [0.05, 0.1) is 6.04 Å². The van der Waals surface area contributed by atoms with E-state index in [1.165, 1.54) is 19.3 Å². The van der Waals surface area contributed by atoms with Crippen molar-refractivity contribution in [3.8, 4) is 0 Å². The van der Waals surface area contributed by atoms with Crippen molar-refractivity contribution in [2.75, 3.05) is 13.1 Å². The lowest BCUT2D eigenvalue weighted by Gasteiger charge is -2.18. The molecule has 90 valence electrons. The smallest absolute Gasteiger partial charge is 0.239 e. The molecule has 0 aromatic heterocycles. The van der Waals surface area contributed by atoms with Crippen LogP contribution in [0.1, 0.15) is 39.5 Å². The van der Waals surface area contributed by atoms with Crippen LogP contribution in [0, 0.1) is 11.3 Å². The lowest BCUT2D eigenvalue weighted by atomic mass is 10.1. The van der Waals surface area contributed by atoms with E-state index in [0.717, 1.165) is 25.4 Å². The van der Waals surface area contributed by atoms with Crippen LogP contribution in [0.4, 0.5) is 0 Å². The van der Waals surface area contributed by atoms with E-state index in [1.54, 1.807) is 0 Å². The SMILES string of the molecule is CC1(C)CC1CN1CCC(NC2CC2)C1=O. The third kappa shape index (κ3) is 1.97. The summed E-state index contributed by atoms with van der Waals surface area (Å²) in [5, 5.41) is 3.46. The molecule has 1 aliphatic heterocycles. The van der Waals surface area contributed by atoms with Gasteiger partial charge in [0.2, 0.25) is 5.91 Å². The first kappa shape index (κ1) is 10.6. The van der Waals surface area contributed by atoms with Crippen LogP contribution < -0.4 is 5.32 Å². The molecule has 0 aromatic rings. The van der Waals surface area contributed by atoms with Gasteiger partial charge in [0.25, 0.3) is 0 Å². The molecule has 1 heterocycles. The highest BCUT2D eigenvalue weighted by molar-refractivity contribution is 5.84. The van der Waals surface area contributed by atoms with E-state index in [4.69, 9.17) is 0 Å². The van der Waals surface area contributed by atoms with Crippen molar-refractivity contribution in [2.24, 2.45) is 11.3 Å². The lowest BCUT2D eigenvalue weighted by molar-refractivity contribution is -0.129. The van der Waals surface area contributed by atoms with Gasteiger partial charge in [-0.25, -0.2) is 0 Å². The second-order valence-electron chi connectivity index (χ2n) is 6.46. The molecule has 2 unspecified atom stereocenters.